The zero-order valence-electron chi connectivity index (χ0n) is 34.1. The number of rotatable bonds is 6. The van der Waals surface area contributed by atoms with E-state index in [-0.39, 0.29) is 52.2 Å². The van der Waals surface area contributed by atoms with Gasteiger partial charge in [0.15, 0.2) is 6.29 Å². The van der Waals surface area contributed by atoms with Crippen LogP contribution in [-0.4, -0.2) is 129 Å². The number of fused-ring (bicyclic) bond motifs is 7. The second kappa shape index (κ2) is 14.5. The molecule has 18 atom stereocenters. The Hall–Kier alpha value is -1.72. The summed E-state index contributed by atoms with van der Waals surface area (Å²) in [5, 5.41) is 72.0. The van der Waals surface area contributed by atoms with Gasteiger partial charge in [-0.2, -0.15) is 0 Å². The van der Waals surface area contributed by atoms with E-state index in [2.05, 4.69) is 40.7 Å². The van der Waals surface area contributed by atoms with Crippen molar-refractivity contribution in [3.63, 3.8) is 0 Å². The molecule has 0 aromatic heterocycles. The molecule has 0 bridgehead atoms. The maximum absolute atomic E-state index is 14.1. The Morgan fingerprint density at radius 2 is 1.46 bits per heavy atom. The van der Waals surface area contributed by atoms with Crippen molar-refractivity contribution < 1.29 is 69.0 Å². The standard InChI is InChI=1S/C42H66O14/c1-37(2)25-10-13-41(6)26(39(25,4)12-11-27(37)55-33-31(48)28(45)23(44)20-53-33)9-8-21-22-18-38(3,14-16-42(22,36(51)52-7)17-15-40(21,41)5)35(50)56-34-32(49)30(47)29(46)24(19-43)54-34/h8,22-34,43-49H,9-20H2,1-7H3. The molecular weight excluding hydrogens is 728 g/mol. The van der Waals surface area contributed by atoms with E-state index in [0.717, 1.165) is 38.5 Å². The number of aliphatic hydroxyl groups excluding tert-OH is 7. The molecule has 14 heteroatoms. The van der Waals surface area contributed by atoms with E-state index in [1.54, 1.807) is 0 Å². The lowest BCUT2D eigenvalue weighted by molar-refractivity contribution is -0.308. The first-order valence-corrected chi connectivity index (χ1v) is 20.8. The molecule has 2 heterocycles. The summed E-state index contributed by atoms with van der Waals surface area (Å²) >= 11 is 0. The Bertz CT molecular complexity index is 1550. The van der Waals surface area contributed by atoms with Crippen LogP contribution in [0.4, 0.5) is 0 Å². The van der Waals surface area contributed by atoms with Gasteiger partial charge in [0.1, 0.15) is 42.7 Å². The Morgan fingerprint density at radius 3 is 2.14 bits per heavy atom. The molecule has 2 aliphatic heterocycles. The third-order valence-electron chi connectivity index (χ3n) is 17.3. The SMILES string of the molecule is COC(=O)C12CCC(C)(C(=O)OC3OC(CO)C(O)C(O)C3O)CC1C1=CCC3C4(C)CCC(OC5OCC(O)C(O)C5O)C(C)(C)C4CCC3(C)C1(C)CC2. The fourth-order valence-corrected chi connectivity index (χ4v) is 13.5. The molecule has 7 aliphatic rings. The number of hydrogen-bond donors (Lipinski definition) is 7. The first-order chi connectivity index (χ1) is 26.1. The minimum Gasteiger partial charge on any atom is -0.469 e. The largest absolute Gasteiger partial charge is 0.469 e. The molecule has 0 spiro atoms. The molecule has 18 unspecified atom stereocenters. The molecule has 7 rings (SSSR count). The number of hydrogen-bond acceptors (Lipinski definition) is 14. The second-order valence-corrected chi connectivity index (χ2v) is 20.1. The summed E-state index contributed by atoms with van der Waals surface area (Å²) < 4.78 is 28.9. The summed E-state index contributed by atoms with van der Waals surface area (Å²) in [6, 6.07) is 0. The summed E-state index contributed by atoms with van der Waals surface area (Å²) in [6.45, 7) is 12.8. The Balaban J connectivity index is 1.16. The summed E-state index contributed by atoms with van der Waals surface area (Å²) in [6.07, 6.45) is -3.72. The quantitative estimate of drug-likeness (QED) is 0.116. The van der Waals surface area contributed by atoms with Crippen molar-refractivity contribution in [3.05, 3.63) is 11.6 Å². The molecule has 56 heavy (non-hydrogen) atoms. The van der Waals surface area contributed by atoms with Gasteiger partial charge in [0.2, 0.25) is 6.29 Å². The highest BCUT2D eigenvalue weighted by Crippen LogP contribution is 2.76. The average molecular weight is 795 g/mol. The molecule has 7 N–H and O–H groups in total. The van der Waals surface area contributed by atoms with E-state index in [1.807, 2.05) is 6.92 Å². The number of allylic oxidation sites excluding steroid dienone is 2. The predicted molar refractivity (Wildman–Crippen MR) is 198 cm³/mol. The maximum atomic E-state index is 14.1. The smallest absolute Gasteiger partial charge is 0.314 e. The van der Waals surface area contributed by atoms with Crippen molar-refractivity contribution in [2.24, 2.45) is 50.2 Å². The number of carbonyl (C=O) groups is 2. The molecule has 14 nitrogen and oxygen atoms in total. The van der Waals surface area contributed by atoms with Gasteiger partial charge < -0.3 is 59.4 Å². The van der Waals surface area contributed by atoms with Crippen molar-refractivity contribution in [1.29, 1.82) is 0 Å². The normalized spacial score (nSPS) is 52.6. The van der Waals surface area contributed by atoms with Crippen molar-refractivity contribution in [2.45, 2.75) is 167 Å². The van der Waals surface area contributed by atoms with Crippen LogP contribution in [0.1, 0.15) is 106 Å². The predicted octanol–water partition coefficient (Wildman–Crippen LogP) is 2.11. The van der Waals surface area contributed by atoms with E-state index in [0.29, 0.717) is 31.6 Å². The molecule has 0 amide bonds. The third kappa shape index (κ3) is 6.09. The van der Waals surface area contributed by atoms with Crippen LogP contribution in [0.5, 0.6) is 0 Å². The van der Waals surface area contributed by atoms with Crippen LogP contribution in [0.2, 0.25) is 0 Å². The topological polar surface area (TPSA) is 222 Å². The molecule has 4 saturated carbocycles. The Labute approximate surface area is 329 Å². The fourth-order valence-electron chi connectivity index (χ4n) is 13.5. The fraction of sp³-hybridized carbons (Fsp3) is 0.905. The van der Waals surface area contributed by atoms with Crippen LogP contribution in [0.25, 0.3) is 0 Å². The first kappa shape index (κ1) is 42.4. The Kier molecular flexibility index (Phi) is 11.0. The van der Waals surface area contributed by atoms with Gasteiger partial charge in [-0.1, -0.05) is 46.3 Å². The van der Waals surface area contributed by atoms with Gasteiger partial charge in [-0.05, 0) is 111 Å². The van der Waals surface area contributed by atoms with Gasteiger partial charge >= 0.3 is 11.9 Å². The van der Waals surface area contributed by atoms with Gasteiger partial charge in [-0.3, -0.25) is 9.59 Å². The third-order valence-corrected chi connectivity index (χ3v) is 17.3. The summed E-state index contributed by atoms with van der Waals surface area (Å²) in [4.78, 5) is 28.0. The van der Waals surface area contributed by atoms with Crippen molar-refractivity contribution in [2.75, 3.05) is 20.3 Å². The summed E-state index contributed by atoms with van der Waals surface area (Å²) in [5.74, 6) is -0.622. The minimum atomic E-state index is -1.72. The van der Waals surface area contributed by atoms with Crippen molar-refractivity contribution in [1.82, 2.24) is 0 Å². The number of esters is 2. The van der Waals surface area contributed by atoms with Crippen LogP contribution in [0.15, 0.2) is 11.6 Å². The number of carbonyl (C=O) groups excluding carboxylic acids is 2. The van der Waals surface area contributed by atoms with E-state index in [1.165, 1.54) is 12.7 Å². The molecule has 0 aromatic carbocycles. The molecule has 2 saturated heterocycles. The van der Waals surface area contributed by atoms with Gasteiger partial charge in [-0.15, -0.1) is 0 Å². The lowest BCUT2D eigenvalue weighted by Gasteiger charge is -2.71. The van der Waals surface area contributed by atoms with Gasteiger partial charge in [0, 0.05) is 0 Å². The van der Waals surface area contributed by atoms with Crippen LogP contribution < -0.4 is 0 Å². The van der Waals surface area contributed by atoms with Gasteiger partial charge in [0.05, 0.1) is 37.3 Å². The number of ether oxygens (including phenoxy) is 5. The zero-order valence-corrected chi connectivity index (χ0v) is 34.1. The average Bonchev–Trinajstić information content (AvgIpc) is 3.16. The lowest BCUT2D eigenvalue weighted by Crippen LogP contribution is -2.66. The lowest BCUT2D eigenvalue weighted by atomic mass is 9.33. The first-order valence-electron chi connectivity index (χ1n) is 20.8. The van der Waals surface area contributed by atoms with Crippen LogP contribution in [0.3, 0.4) is 0 Å². The van der Waals surface area contributed by atoms with E-state index < -0.39 is 78.7 Å². The monoisotopic (exact) mass is 794 g/mol. The highest BCUT2D eigenvalue weighted by molar-refractivity contribution is 5.81. The maximum Gasteiger partial charge on any atom is 0.314 e. The van der Waals surface area contributed by atoms with Gasteiger partial charge in [0.25, 0.3) is 0 Å². The molecule has 0 aromatic rings. The Morgan fingerprint density at radius 1 is 0.786 bits per heavy atom. The highest BCUT2D eigenvalue weighted by atomic mass is 16.7. The summed E-state index contributed by atoms with van der Waals surface area (Å²) in [5.41, 5.74) is -1.48. The highest BCUT2D eigenvalue weighted by Gasteiger charge is 2.70. The molecular formula is C42H66O14. The van der Waals surface area contributed by atoms with Crippen LogP contribution in [0, 0.1) is 50.2 Å². The zero-order chi connectivity index (χ0) is 41.0. The van der Waals surface area contributed by atoms with E-state index in [4.69, 9.17) is 23.7 Å². The molecule has 6 fully saturated rings. The number of methoxy groups -OCH3 is 1. The second-order valence-electron chi connectivity index (χ2n) is 20.1. The van der Waals surface area contributed by atoms with Crippen molar-refractivity contribution in [3.8, 4) is 0 Å². The van der Waals surface area contributed by atoms with Gasteiger partial charge in [-0.25, -0.2) is 0 Å². The van der Waals surface area contributed by atoms with Crippen LogP contribution in [-0.2, 0) is 33.3 Å². The summed E-state index contributed by atoms with van der Waals surface area (Å²) in [7, 11) is 1.42. The molecule has 0 radical (unpaired) electrons. The van der Waals surface area contributed by atoms with E-state index in [9.17, 15) is 45.3 Å². The molecule has 5 aliphatic carbocycles. The van der Waals surface area contributed by atoms with Crippen molar-refractivity contribution >= 4 is 11.9 Å². The minimum absolute atomic E-state index is 0.0592. The van der Waals surface area contributed by atoms with Crippen LogP contribution >= 0.6 is 0 Å². The van der Waals surface area contributed by atoms with E-state index >= 15 is 0 Å². The number of aliphatic hydroxyl groups is 7. The molecule has 318 valence electrons.